The SMILES string of the molecule is CC(C)C(=O)N1CCC(C(=O)NCc2ccn[nH]2)CC1. The Balaban J connectivity index is 1.75. The number of aromatic nitrogens is 2. The quantitative estimate of drug-likeness (QED) is 0.859. The maximum Gasteiger partial charge on any atom is 0.225 e. The largest absolute Gasteiger partial charge is 0.350 e. The molecule has 2 rings (SSSR count). The highest BCUT2D eigenvalue weighted by Gasteiger charge is 2.27. The number of carbonyl (C=O) groups is 2. The molecule has 0 saturated carbocycles. The summed E-state index contributed by atoms with van der Waals surface area (Å²) in [6, 6.07) is 1.84. The van der Waals surface area contributed by atoms with Gasteiger partial charge in [-0.25, -0.2) is 0 Å². The van der Waals surface area contributed by atoms with Gasteiger partial charge in [-0.2, -0.15) is 5.10 Å². The first-order valence-electron chi connectivity index (χ1n) is 7.12. The summed E-state index contributed by atoms with van der Waals surface area (Å²) in [5.41, 5.74) is 0.894. The predicted octanol–water partition coefficient (Wildman–Crippen LogP) is 0.920. The van der Waals surface area contributed by atoms with Crippen LogP contribution in [0.3, 0.4) is 0 Å². The molecule has 0 atom stereocenters. The van der Waals surface area contributed by atoms with Crippen molar-refractivity contribution in [1.29, 1.82) is 0 Å². The van der Waals surface area contributed by atoms with E-state index in [2.05, 4.69) is 15.5 Å². The summed E-state index contributed by atoms with van der Waals surface area (Å²) < 4.78 is 0. The molecule has 1 aromatic rings. The molecule has 2 heterocycles. The summed E-state index contributed by atoms with van der Waals surface area (Å²) in [6.07, 6.45) is 3.15. The summed E-state index contributed by atoms with van der Waals surface area (Å²) in [4.78, 5) is 25.8. The van der Waals surface area contributed by atoms with Crippen LogP contribution in [0, 0.1) is 11.8 Å². The lowest BCUT2D eigenvalue weighted by Gasteiger charge is -2.32. The molecule has 1 saturated heterocycles. The fourth-order valence-electron chi connectivity index (χ4n) is 2.44. The smallest absolute Gasteiger partial charge is 0.225 e. The first kappa shape index (κ1) is 14.6. The van der Waals surface area contributed by atoms with Crippen molar-refractivity contribution in [3.8, 4) is 0 Å². The van der Waals surface area contributed by atoms with Crippen molar-refractivity contribution in [2.45, 2.75) is 33.2 Å². The molecule has 1 fully saturated rings. The van der Waals surface area contributed by atoms with E-state index in [4.69, 9.17) is 0 Å². The summed E-state index contributed by atoms with van der Waals surface area (Å²) in [7, 11) is 0. The van der Waals surface area contributed by atoms with Crippen LogP contribution < -0.4 is 5.32 Å². The number of rotatable bonds is 4. The molecule has 2 N–H and O–H groups in total. The van der Waals surface area contributed by atoms with Crippen LogP contribution in [0.25, 0.3) is 0 Å². The van der Waals surface area contributed by atoms with Crippen molar-refractivity contribution in [1.82, 2.24) is 20.4 Å². The zero-order valence-electron chi connectivity index (χ0n) is 12.1. The number of nitrogens with one attached hydrogen (secondary N) is 2. The Morgan fingerprint density at radius 2 is 2.15 bits per heavy atom. The molecule has 110 valence electrons. The van der Waals surface area contributed by atoms with Gasteiger partial charge in [-0.05, 0) is 18.9 Å². The lowest BCUT2D eigenvalue weighted by atomic mass is 9.95. The van der Waals surface area contributed by atoms with Gasteiger partial charge in [0.15, 0.2) is 0 Å². The highest BCUT2D eigenvalue weighted by molar-refractivity contribution is 5.80. The molecule has 0 aliphatic carbocycles. The standard InChI is InChI=1S/C14H22N4O2/c1-10(2)14(20)18-7-4-11(5-8-18)13(19)15-9-12-3-6-16-17-12/h3,6,10-11H,4-5,7-9H2,1-2H3,(H,15,19)(H,16,17). The second-order valence-corrected chi connectivity index (χ2v) is 5.55. The number of likely N-dealkylation sites (tertiary alicyclic amines) is 1. The van der Waals surface area contributed by atoms with Gasteiger partial charge in [-0.1, -0.05) is 13.8 Å². The van der Waals surface area contributed by atoms with E-state index in [9.17, 15) is 9.59 Å². The monoisotopic (exact) mass is 278 g/mol. The van der Waals surface area contributed by atoms with Crippen LogP contribution in [-0.2, 0) is 16.1 Å². The van der Waals surface area contributed by atoms with Crippen LogP contribution in [0.5, 0.6) is 0 Å². The Hall–Kier alpha value is -1.85. The summed E-state index contributed by atoms with van der Waals surface area (Å²) in [5, 5.41) is 9.56. The van der Waals surface area contributed by atoms with Gasteiger partial charge in [0, 0.05) is 31.1 Å². The minimum Gasteiger partial charge on any atom is -0.350 e. The van der Waals surface area contributed by atoms with Crippen LogP contribution in [0.2, 0.25) is 0 Å². The van der Waals surface area contributed by atoms with Gasteiger partial charge in [-0.15, -0.1) is 0 Å². The van der Waals surface area contributed by atoms with Crippen LogP contribution >= 0.6 is 0 Å². The third-order valence-electron chi connectivity index (χ3n) is 3.68. The Labute approximate surface area is 118 Å². The first-order chi connectivity index (χ1) is 9.58. The van der Waals surface area contributed by atoms with Crippen molar-refractivity contribution >= 4 is 11.8 Å². The topological polar surface area (TPSA) is 78.1 Å². The van der Waals surface area contributed by atoms with Crippen LogP contribution in [0.4, 0.5) is 0 Å². The molecule has 0 aromatic carbocycles. The molecule has 2 amide bonds. The molecule has 1 aliphatic heterocycles. The van der Waals surface area contributed by atoms with E-state index in [-0.39, 0.29) is 23.7 Å². The van der Waals surface area contributed by atoms with Gasteiger partial charge in [0.25, 0.3) is 0 Å². The molecule has 0 radical (unpaired) electrons. The molecule has 20 heavy (non-hydrogen) atoms. The minimum absolute atomic E-state index is 0.00846. The zero-order valence-corrected chi connectivity index (χ0v) is 12.1. The molecular formula is C14H22N4O2. The van der Waals surface area contributed by atoms with Gasteiger partial charge in [-0.3, -0.25) is 14.7 Å². The third kappa shape index (κ3) is 3.59. The molecule has 0 unspecified atom stereocenters. The van der Waals surface area contributed by atoms with E-state index in [0.717, 1.165) is 18.5 Å². The third-order valence-corrected chi connectivity index (χ3v) is 3.68. The Bertz CT molecular complexity index is 448. The minimum atomic E-state index is 0.00846. The van der Waals surface area contributed by atoms with Crippen molar-refractivity contribution in [2.75, 3.05) is 13.1 Å². The number of hydrogen-bond donors (Lipinski definition) is 2. The Morgan fingerprint density at radius 1 is 1.45 bits per heavy atom. The number of hydrogen-bond acceptors (Lipinski definition) is 3. The van der Waals surface area contributed by atoms with Gasteiger partial charge < -0.3 is 10.2 Å². The number of aromatic amines is 1. The number of H-pyrrole nitrogens is 1. The maximum atomic E-state index is 12.1. The van der Waals surface area contributed by atoms with Gasteiger partial charge in [0.1, 0.15) is 0 Å². The molecule has 1 aliphatic rings. The summed E-state index contributed by atoms with van der Waals surface area (Å²) >= 11 is 0. The highest BCUT2D eigenvalue weighted by Crippen LogP contribution is 2.19. The molecule has 0 bridgehead atoms. The second-order valence-electron chi connectivity index (χ2n) is 5.55. The molecule has 1 aromatic heterocycles. The van der Waals surface area contributed by atoms with Crippen molar-refractivity contribution in [2.24, 2.45) is 11.8 Å². The van der Waals surface area contributed by atoms with Crippen molar-refractivity contribution in [3.63, 3.8) is 0 Å². The number of amides is 2. The van der Waals surface area contributed by atoms with E-state index >= 15 is 0 Å². The molecule has 0 spiro atoms. The Morgan fingerprint density at radius 3 is 2.70 bits per heavy atom. The van der Waals surface area contributed by atoms with E-state index in [1.165, 1.54) is 0 Å². The molecular weight excluding hydrogens is 256 g/mol. The number of nitrogens with zero attached hydrogens (tertiary/aromatic N) is 2. The van der Waals surface area contributed by atoms with Gasteiger partial charge >= 0.3 is 0 Å². The molecule has 6 heteroatoms. The second kappa shape index (κ2) is 6.54. The average Bonchev–Trinajstić information content (AvgIpc) is 2.97. The highest BCUT2D eigenvalue weighted by atomic mass is 16.2. The van der Waals surface area contributed by atoms with Crippen LogP contribution in [0.1, 0.15) is 32.4 Å². The lowest BCUT2D eigenvalue weighted by Crippen LogP contribution is -2.44. The van der Waals surface area contributed by atoms with Crippen molar-refractivity contribution in [3.05, 3.63) is 18.0 Å². The van der Waals surface area contributed by atoms with Gasteiger partial charge in [0.2, 0.25) is 11.8 Å². The fraction of sp³-hybridized carbons (Fsp3) is 0.643. The molecule has 6 nitrogen and oxygen atoms in total. The van der Waals surface area contributed by atoms with E-state index in [0.29, 0.717) is 19.6 Å². The zero-order chi connectivity index (χ0) is 14.5. The number of carbonyl (C=O) groups excluding carboxylic acids is 2. The number of piperidine rings is 1. The summed E-state index contributed by atoms with van der Waals surface area (Å²) in [5.74, 6) is 0.285. The van der Waals surface area contributed by atoms with E-state index in [1.807, 2.05) is 24.8 Å². The van der Waals surface area contributed by atoms with Crippen LogP contribution in [-0.4, -0.2) is 40.0 Å². The van der Waals surface area contributed by atoms with E-state index in [1.54, 1.807) is 6.20 Å². The van der Waals surface area contributed by atoms with E-state index < -0.39 is 0 Å². The van der Waals surface area contributed by atoms with Crippen molar-refractivity contribution < 1.29 is 9.59 Å². The average molecular weight is 278 g/mol. The summed E-state index contributed by atoms with van der Waals surface area (Å²) in [6.45, 7) is 5.65. The predicted molar refractivity (Wildman–Crippen MR) is 74.6 cm³/mol. The van der Waals surface area contributed by atoms with Gasteiger partial charge in [0.05, 0.1) is 12.2 Å². The first-order valence-corrected chi connectivity index (χ1v) is 7.12. The lowest BCUT2D eigenvalue weighted by molar-refractivity contribution is -0.138. The fourth-order valence-corrected chi connectivity index (χ4v) is 2.44. The normalized spacial score (nSPS) is 16.4. The Kier molecular flexibility index (Phi) is 4.76. The maximum absolute atomic E-state index is 12.1. The van der Waals surface area contributed by atoms with Crippen LogP contribution in [0.15, 0.2) is 12.3 Å².